The van der Waals surface area contributed by atoms with E-state index in [4.69, 9.17) is 13.8 Å². The second kappa shape index (κ2) is 36.5. The van der Waals surface area contributed by atoms with Gasteiger partial charge in [-0.15, -0.1) is 70.8 Å². The number of anilines is 4. The monoisotopic (exact) mass is 1750 g/mol. The fraction of sp³-hybridized carbons (Fsp3) is 0.244. The number of hydrogen-bond acceptors (Lipinski definition) is 14. The van der Waals surface area contributed by atoms with Gasteiger partial charge >= 0.3 is 0 Å². The van der Waals surface area contributed by atoms with Crippen LogP contribution >= 0.6 is 0 Å². The average molecular weight is 1750 g/mol. The van der Waals surface area contributed by atoms with E-state index in [1.807, 2.05) is 99.0 Å². The molecule has 106 heavy (non-hydrogen) atoms. The molecule has 0 bridgehead atoms. The molecule has 0 aliphatic carbocycles. The summed E-state index contributed by atoms with van der Waals surface area (Å²) in [5.41, 5.74) is 17.9. The second-order valence-electron chi connectivity index (χ2n) is 27.2. The van der Waals surface area contributed by atoms with Gasteiger partial charge in [-0.2, -0.15) is 135 Å². The minimum absolute atomic E-state index is 0. The molecule has 546 valence electrons. The van der Waals surface area contributed by atoms with Crippen LogP contribution in [0.2, 0.25) is 0 Å². The standard InChI is InChI=1S/2C45H43N6O.2Ir/c1-35-18-24-41-43-37(21-25-40(42-17-9-10-26-46-42)44(43)52-45(41)47-35)14-6-3-2-5-13-36-19-22-39(23-20-36)51-32-30-49(34-51)28-12-11-27-48-29-31-50(33-48)38-15-7-4-8-16-38;1-35-18-24-41-40-16-11-17-42(44(40)52-45(41)47-35)43-25-21-37(32-46-43)13-6-3-2-5-12-36-19-22-39(23-20-36)51-31-29-49(34-51)27-10-9-26-48-28-30-50(33-48)38-14-7-4-8-15-38;;/h4,7-10,15,17-22,24,26,29-34H,2-3,5-6,11-14,27-28H2,1H3;4,7-8,11,14,16,18-22,24-25,28-34H,2-3,5-6,9-10,12-13,26-27H2,1H3;;/q2*-5;;. The van der Waals surface area contributed by atoms with Crippen molar-refractivity contribution in [3.05, 3.63) is 316 Å². The molecule has 4 aliphatic heterocycles. The summed E-state index contributed by atoms with van der Waals surface area (Å²) in [6, 6.07) is 74.3. The number of furan rings is 2. The third-order valence-corrected chi connectivity index (χ3v) is 19.6. The number of fused-ring (bicyclic) bond motifs is 6. The van der Waals surface area contributed by atoms with Gasteiger partial charge in [0.25, 0.3) is 0 Å². The molecule has 0 unspecified atom stereocenters. The van der Waals surface area contributed by atoms with Gasteiger partial charge < -0.3 is 58.0 Å². The summed E-state index contributed by atoms with van der Waals surface area (Å²) >= 11 is 0. The maximum absolute atomic E-state index is 6.35. The van der Waals surface area contributed by atoms with Crippen molar-refractivity contribution in [3.8, 4) is 22.5 Å². The molecule has 16 heteroatoms. The summed E-state index contributed by atoms with van der Waals surface area (Å²) in [5, 5.41) is 4.29. The fourth-order valence-corrected chi connectivity index (χ4v) is 13.9. The number of benzene rings is 6. The molecule has 12 aromatic rings. The van der Waals surface area contributed by atoms with Crippen molar-refractivity contribution in [3.63, 3.8) is 0 Å². The number of unbranched alkanes of at least 4 members (excludes halogenated alkanes) is 8. The molecule has 0 saturated heterocycles. The number of nitrogens with zero attached hydrogens (tertiary/aromatic N) is 12. The Labute approximate surface area is 652 Å². The Hall–Kier alpha value is -9.82. The molecule has 0 N–H and O–H groups in total. The van der Waals surface area contributed by atoms with Gasteiger partial charge in [0.2, 0.25) is 11.4 Å². The first kappa shape index (κ1) is 74.5. The first-order valence-corrected chi connectivity index (χ1v) is 36.9. The number of pyridine rings is 4. The van der Waals surface area contributed by atoms with E-state index in [9.17, 15) is 0 Å². The average Bonchev–Trinajstić information content (AvgIpc) is 1.59. The van der Waals surface area contributed by atoms with Gasteiger partial charge in [-0.1, -0.05) is 110 Å². The van der Waals surface area contributed by atoms with E-state index in [2.05, 4.69) is 252 Å². The zero-order chi connectivity index (χ0) is 70.2. The van der Waals surface area contributed by atoms with Crippen LogP contribution in [0.1, 0.15) is 111 Å². The molecule has 0 amide bonds. The van der Waals surface area contributed by atoms with E-state index in [1.54, 1.807) is 0 Å². The smallest absolute Gasteiger partial charge is 0.216 e. The van der Waals surface area contributed by atoms with Gasteiger partial charge in [-0.05, 0) is 175 Å². The van der Waals surface area contributed by atoms with Crippen LogP contribution in [-0.4, -0.2) is 65.7 Å². The molecule has 0 atom stereocenters. The first-order chi connectivity index (χ1) is 51.3. The molecule has 0 saturated carbocycles. The van der Waals surface area contributed by atoms with Crippen molar-refractivity contribution in [2.24, 2.45) is 0 Å². The van der Waals surface area contributed by atoms with Gasteiger partial charge in [0.1, 0.15) is 0 Å². The number of para-hydroxylation sites is 2. The maximum Gasteiger partial charge on any atom is 0.216 e. The Morgan fingerprint density at radius 1 is 0.358 bits per heavy atom. The molecule has 0 fully saturated rings. The number of aryl methyl sites for hydroxylation is 6. The van der Waals surface area contributed by atoms with E-state index in [1.165, 1.54) is 60.8 Å². The third-order valence-electron chi connectivity index (χ3n) is 19.6. The summed E-state index contributed by atoms with van der Waals surface area (Å²) in [7, 11) is 0. The Morgan fingerprint density at radius 2 is 0.830 bits per heavy atom. The summed E-state index contributed by atoms with van der Waals surface area (Å²) in [5.74, 6) is 0. The van der Waals surface area contributed by atoms with Crippen molar-refractivity contribution >= 4 is 66.9 Å². The van der Waals surface area contributed by atoms with Crippen LogP contribution in [-0.2, 0) is 65.9 Å². The van der Waals surface area contributed by atoms with Crippen LogP contribution < -0.4 is 19.6 Å². The minimum atomic E-state index is 0. The number of hydrogen-bond donors (Lipinski definition) is 0. The topological polar surface area (TPSA) is 104 Å². The van der Waals surface area contributed by atoms with Gasteiger partial charge in [0.05, 0.1) is 11.2 Å². The summed E-state index contributed by atoms with van der Waals surface area (Å²) < 4.78 is 12.5. The van der Waals surface area contributed by atoms with Crippen molar-refractivity contribution in [1.82, 2.24) is 39.5 Å². The van der Waals surface area contributed by atoms with Crippen LogP contribution in [0.3, 0.4) is 0 Å². The molecule has 16 rings (SSSR count). The Kier molecular flexibility index (Phi) is 25.6. The summed E-state index contributed by atoms with van der Waals surface area (Å²) in [4.78, 5) is 36.2. The maximum atomic E-state index is 6.35. The third kappa shape index (κ3) is 18.7. The van der Waals surface area contributed by atoms with Gasteiger partial charge in [0.15, 0.2) is 0 Å². The van der Waals surface area contributed by atoms with Crippen molar-refractivity contribution < 1.29 is 49.0 Å². The summed E-state index contributed by atoms with van der Waals surface area (Å²) in [6.07, 6.45) is 38.9. The molecule has 6 aromatic heterocycles. The van der Waals surface area contributed by atoms with Gasteiger partial charge in [0, 0.05) is 74.8 Å². The number of rotatable bonds is 30. The molecule has 14 nitrogen and oxygen atoms in total. The normalized spacial score (nSPS) is 13.9. The second-order valence-corrected chi connectivity index (χ2v) is 27.2. The zero-order valence-corrected chi connectivity index (χ0v) is 64.9. The largest absolute Gasteiger partial charge is 0.508 e. The van der Waals surface area contributed by atoms with Gasteiger partial charge in [-0.25, -0.2) is 9.97 Å². The van der Waals surface area contributed by atoms with E-state index in [0.717, 1.165) is 180 Å². The van der Waals surface area contributed by atoms with Crippen LogP contribution in [0.15, 0.2) is 229 Å². The zero-order valence-electron chi connectivity index (χ0n) is 60.1. The Balaban J connectivity index is 0.000000184. The molecular weight excluding hydrogens is 1670 g/mol. The van der Waals surface area contributed by atoms with Crippen molar-refractivity contribution in [1.29, 1.82) is 0 Å². The number of aromatic nitrogens is 4. The van der Waals surface area contributed by atoms with Gasteiger partial charge in [-0.3, -0.25) is 0 Å². The van der Waals surface area contributed by atoms with E-state index < -0.39 is 0 Å². The molecule has 4 aliphatic rings. The fourth-order valence-electron chi connectivity index (χ4n) is 13.9. The van der Waals surface area contributed by atoms with Crippen LogP contribution in [0.4, 0.5) is 22.7 Å². The molecule has 2 radical (unpaired) electrons. The Bertz CT molecular complexity index is 4910. The predicted octanol–water partition coefficient (Wildman–Crippen LogP) is 20.0. The van der Waals surface area contributed by atoms with Crippen molar-refractivity contribution in [2.45, 2.75) is 117 Å². The van der Waals surface area contributed by atoms with Crippen LogP contribution in [0, 0.1) is 76.9 Å². The summed E-state index contributed by atoms with van der Waals surface area (Å²) in [6.45, 7) is 16.6. The van der Waals surface area contributed by atoms with Crippen molar-refractivity contribution in [2.75, 3.05) is 45.8 Å². The SMILES string of the molecule is Cc1ccc2c(n1)oc1c(-c3ccc(CCCCCCc4c[c-]c(N5C=CN(CCCCN6C=CN(c7[c-]cccc7)[CH-]6)[CH-]5)cc4)cn3)[c-]ccc12.Cc1ccc2c(n1)oc1c(-c3ccccn3)[c-]cc(CCCCCCc3c[c-]c(N4C=CN(CCCCN5C=CN(c6[c-]cccc6)[CH-]5)[CH-]4)cc3)c12.[Ir].[Ir]. The molecule has 0 spiro atoms. The van der Waals surface area contributed by atoms with Crippen LogP contribution in [0.25, 0.3) is 66.7 Å². The van der Waals surface area contributed by atoms with Crippen LogP contribution in [0.5, 0.6) is 0 Å². The van der Waals surface area contributed by atoms with E-state index in [-0.39, 0.29) is 40.2 Å². The minimum Gasteiger partial charge on any atom is -0.508 e. The predicted molar refractivity (Wildman–Crippen MR) is 418 cm³/mol. The quantitative estimate of drug-likeness (QED) is 0.0315. The molecule has 6 aromatic carbocycles. The first-order valence-electron chi connectivity index (χ1n) is 36.9. The van der Waals surface area contributed by atoms with E-state index >= 15 is 0 Å². The molecular formula is C90H86Ir2N12O2-10. The Morgan fingerprint density at radius 3 is 1.32 bits per heavy atom. The van der Waals surface area contributed by atoms with E-state index in [0.29, 0.717) is 11.4 Å². The molecule has 10 heterocycles.